The maximum atomic E-state index is 12.9. The Morgan fingerprint density at radius 2 is 1.76 bits per heavy atom. The number of fused-ring (bicyclic) bond motifs is 1. The molecule has 4 rings (SSSR count). The summed E-state index contributed by atoms with van der Waals surface area (Å²) in [5.74, 6) is -1.94. The summed E-state index contributed by atoms with van der Waals surface area (Å²) in [6, 6.07) is 21.8. The molecular formula is C28H23N5O4. The summed E-state index contributed by atoms with van der Waals surface area (Å²) in [6.07, 6.45) is 1.16. The first-order chi connectivity index (χ1) is 17.9. The molecule has 2 atom stereocenters. The molecule has 2 N–H and O–H groups in total. The summed E-state index contributed by atoms with van der Waals surface area (Å²) in [6.45, 7) is 0.372. The van der Waals surface area contributed by atoms with Gasteiger partial charge in [-0.3, -0.25) is 0 Å². The van der Waals surface area contributed by atoms with Crippen LogP contribution in [0.4, 0.5) is 4.79 Å². The number of nitriles is 3. The van der Waals surface area contributed by atoms with E-state index in [-0.39, 0.29) is 31.0 Å². The second-order valence-electron chi connectivity index (χ2n) is 8.73. The summed E-state index contributed by atoms with van der Waals surface area (Å²) in [7, 11) is 1.27. The largest absolute Gasteiger partial charge is 0.465 e. The van der Waals surface area contributed by atoms with Crippen molar-refractivity contribution >= 4 is 12.1 Å². The SMILES string of the molecule is COC(=O)c1ccc([C@@H]2[C@H]3CN(C(=O)OCc4ccccc4)CC=C3C(C#N)=C(N)C2(C#N)C#N)cc1. The molecule has 1 heterocycles. The standard InChI is InChI=1S/C28H23N5O4/c1-36-26(34)20-9-7-19(8-10-20)24-23-14-33(27(35)37-15-18-5-3-2-4-6-18)12-11-21(23)22(13-29)25(32)28(24,16-30)17-31/h2-11,23-24H,12,14-15,32H2,1H3/t23-,24+/m0/s1. The number of allylic oxidation sites excluding steroid dienone is 2. The first kappa shape index (κ1) is 25.0. The molecule has 0 unspecified atom stereocenters. The van der Waals surface area contributed by atoms with Crippen LogP contribution < -0.4 is 5.73 Å². The van der Waals surface area contributed by atoms with Crippen LogP contribution in [0.5, 0.6) is 0 Å². The van der Waals surface area contributed by atoms with Crippen molar-refractivity contribution in [3.8, 4) is 18.2 Å². The first-order valence-electron chi connectivity index (χ1n) is 11.5. The lowest BCUT2D eigenvalue weighted by molar-refractivity contribution is 0.0600. The zero-order valence-electron chi connectivity index (χ0n) is 20.0. The number of carbonyl (C=O) groups excluding carboxylic acids is 2. The molecule has 2 aromatic carbocycles. The number of nitrogens with two attached hydrogens (primary N) is 1. The second-order valence-corrected chi connectivity index (χ2v) is 8.73. The van der Waals surface area contributed by atoms with Crippen LogP contribution in [-0.4, -0.2) is 37.2 Å². The van der Waals surface area contributed by atoms with Crippen molar-refractivity contribution in [1.29, 1.82) is 15.8 Å². The normalized spacial score (nSPS) is 19.8. The van der Waals surface area contributed by atoms with Crippen molar-refractivity contribution in [1.82, 2.24) is 4.90 Å². The van der Waals surface area contributed by atoms with E-state index in [4.69, 9.17) is 15.2 Å². The lowest BCUT2D eigenvalue weighted by atomic mass is 9.58. The van der Waals surface area contributed by atoms with Gasteiger partial charge in [-0.25, -0.2) is 9.59 Å². The summed E-state index contributed by atoms with van der Waals surface area (Å²) < 4.78 is 10.3. The Bertz CT molecular complexity index is 1390. The Morgan fingerprint density at radius 3 is 2.35 bits per heavy atom. The number of carbonyl (C=O) groups is 2. The van der Waals surface area contributed by atoms with E-state index in [0.29, 0.717) is 16.7 Å². The van der Waals surface area contributed by atoms with Crippen LogP contribution in [0.2, 0.25) is 0 Å². The van der Waals surface area contributed by atoms with Gasteiger partial charge in [0.05, 0.1) is 36.1 Å². The van der Waals surface area contributed by atoms with E-state index in [1.807, 2.05) is 30.3 Å². The lowest BCUT2D eigenvalue weighted by Crippen LogP contribution is -2.49. The number of rotatable bonds is 4. The maximum Gasteiger partial charge on any atom is 0.410 e. The molecule has 2 aromatic rings. The van der Waals surface area contributed by atoms with Crippen molar-refractivity contribution < 1.29 is 19.1 Å². The third-order valence-electron chi connectivity index (χ3n) is 6.82. The zero-order valence-corrected chi connectivity index (χ0v) is 20.0. The van der Waals surface area contributed by atoms with E-state index in [1.54, 1.807) is 30.3 Å². The highest BCUT2D eigenvalue weighted by atomic mass is 16.6. The molecule has 0 aromatic heterocycles. The number of hydrogen-bond donors (Lipinski definition) is 1. The molecule has 0 saturated carbocycles. The highest BCUT2D eigenvalue weighted by Crippen LogP contribution is 2.54. The highest BCUT2D eigenvalue weighted by molar-refractivity contribution is 5.89. The van der Waals surface area contributed by atoms with E-state index in [0.717, 1.165) is 5.56 Å². The molecule has 1 aliphatic carbocycles. The third kappa shape index (κ3) is 4.37. The van der Waals surface area contributed by atoms with E-state index in [1.165, 1.54) is 12.0 Å². The summed E-state index contributed by atoms with van der Waals surface area (Å²) in [4.78, 5) is 26.4. The lowest BCUT2D eigenvalue weighted by Gasteiger charge is -2.45. The second kappa shape index (κ2) is 10.3. The molecule has 1 amide bonds. The number of esters is 1. The molecule has 9 heteroatoms. The number of hydrogen-bond acceptors (Lipinski definition) is 8. The van der Waals surface area contributed by atoms with Gasteiger partial charge in [0.25, 0.3) is 0 Å². The molecule has 0 saturated heterocycles. The van der Waals surface area contributed by atoms with Crippen LogP contribution in [0.25, 0.3) is 0 Å². The fourth-order valence-electron chi connectivity index (χ4n) is 4.96. The van der Waals surface area contributed by atoms with E-state index in [9.17, 15) is 25.4 Å². The molecule has 1 aliphatic heterocycles. The quantitative estimate of drug-likeness (QED) is 0.635. The Labute approximate surface area is 214 Å². The predicted molar refractivity (Wildman–Crippen MR) is 131 cm³/mol. The van der Waals surface area contributed by atoms with Gasteiger partial charge in [-0.05, 0) is 28.8 Å². The Hall–Kier alpha value is -5.07. The molecule has 37 heavy (non-hydrogen) atoms. The minimum Gasteiger partial charge on any atom is -0.465 e. The summed E-state index contributed by atoms with van der Waals surface area (Å²) in [5, 5.41) is 30.3. The van der Waals surface area contributed by atoms with Gasteiger partial charge < -0.3 is 20.1 Å². The number of amides is 1. The van der Waals surface area contributed by atoms with Gasteiger partial charge in [0, 0.05) is 24.9 Å². The topological polar surface area (TPSA) is 153 Å². The highest BCUT2D eigenvalue weighted by Gasteiger charge is 2.54. The molecule has 0 fully saturated rings. The van der Waals surface area contributed by atoms with Gasteiger partial charge in [-0.2, -0.15) is 15.8 Å². The minimum atomic E-state index is -1.86. The van der Waals surface area contributed by atoms with E-state index >= 15 is 0 Å². The van der Waals surface area contributed by atoms with Crippen LogP contribution >= 0.6 is 0 Å². The molecule has 0 spiro atoms. The fourth-order valence-corrected chi connectivity index (χ4v) is 4.96. The van der Waals surface area contributed by atoms with Crippen LogP contribution in [0, 0.1) is 45.3 Å². The monoisotopic (exact) mass is 493 g/mol. The zero-order chi connectivity index (χ0) is 26.6. The average molecular weight is 494 g/mol. The number of methoxy groups -OCH3 is 1. The van der Waals surface area contributed by atoms with E-state index < -0.39 is 29.3 Å². The van der Waals surface area contributed by atoms with Gasteiger partial charge in [-0.1, -0.05) is 48.5 Å². The minimum absolute atomic E-state index is 0.0767. The van der Waals surface area contributed by atoms with Crippen LogP contribution in [0.15, 0.2) is 77.5 Å². The Morgan fingerprint density at radius 1 is 1.08 bits per heavy atom. The molecule has 2 aliphatic rings. The summed E-state index contributed by atoms with van der Waals surface area (Å²) >= 11 is 0. The first-order valence-corrected chi connectivity index (χ1v) is 11.5. The van der Waals surface area contributed by atoms with Gasteiger partial charge in [-0.15, -0.1) is 0 Å². The van der Waals surface area contributed by atoms with E-state index in [2.05, 4.69) is 18.2 Å². The van der Waals surface area contributed by atoms with Gasteiger partial charge >= 0.3 is 12.1 Å². The third-order valence-corrected chi connectivity index (χ3v) is 6.82. The van der Waals surface area contributed by atoms with Gasteiger partial charge in [0.2, 0.25) is 0 Å². The van der Waals surface area contributed by atoms with Crippen molar-refractivity contribution in [3.05, 3.63) is 94.2 Å². The van der Waals surface area contributed by atoms with Crippen LogP contribution in [0.3, 0.4) is 0 Å². The molecule has 0 bridgehead atoms. The number of nitrogens with zero attached hydrogens (tertiary/aromatic N) is 4. The van der Waals surface area contributed by atoms with Crippen molar-refractivity contribution in [2.75, 3.05) is 20.2 Å². The number of benzene rings is 2. The Balaban J connectivity index is 1.73. The molecule has 9 nitrogen and oxygen atoms in total. The van der Waals surface area contributed by atoms with Crippen molar-refractivity contribution in [2.24, 2.45) is 17.1 Å². The van der Waals surface area contributed by atoms with Gasteiger partial charge in [0.15, 0.2) is 5.41 Å². The summed E-state index contributed by atoms with van der Waals surface area (Å²) in [5.41, 5.74) is 6.69. The van der Waals surface area contributed by atoms with Crippen molar-refractivity contribution in [3.63, 3.8) is 0 Å². The predicted octanol–water partition coefficient (Wildman–Crippen LogP) is 3.54. The molecular weight excluding hydrogens is 470 g/mol. The van der Waals surface area contributed by atoms with Crippen LogP contribution in [0.1, 0.15) is 27.4 Å². The van der Waals surface area contributed by atoms with Gasteiger partial charge in [0.1, 0.15) is 12.7 Å². The fraction of sp³-hybridized carbons (Fsp3) is 0.250. The number of ether oxygens (including phenoxy) is 2. The maximum absolute atomic E-state index is 12.9. The van der Waals surface area contributed by atoms with Crippen molar-refractivity contribution in [2.45, 2.75) is 12.5 Å². The molecule has 0 radical (unpaired) electrons. The average Bonchev–Trinajstić information content (AvgIpc) is 2.95. The molecule has 184 valence electrons. The van der Waals surface area contributed by atoms with Crippen LogP contribution in [-0.2, 0) is 16.1 Å². The smallest absolute Gasteiger partial charge is 0.410 e. The Kier molecular flexibility index (Phi) is 6.95.